The molecule has 0 aliphatic rings. The molecule has 1 rings (SSSR count). The summed E-state index contributed by atoms with van der Waals surface area (Å²) in [5.74, 6) is -0.0515. The van der Waals surface area contributed by atoms with Crippen molar-refractivity contribution in [2.45, 2.75) is 38.9 Å². The van der Waals surface area contributed by atoms with E-state index in [-0.39, 0.29) is 5.95 Å². The molecule has 18 heavy (non-hydrogen) atoms. The van der Waals surface area contributed by atoms with Crippen LogP contribution in [0.15, 0.2) is 0 Å². The Morgan fingerprint density at radius 3 is 2.33 bits per heavy atom. The molecule has 0 aliphatic heterocycles. The van der Waals surface area contributed by atoms with Crippen molar-refractivity contribution in [2.24, 2.45) is 0 Å². The summed E-state index contributed by atoms with van der Waals surface area (Å²) in [4.78, 5) is 4.12. The van der Waals surface area contributed by atoms with Crippen molar-refractivity contribution in [3.8, 4) is 0 Å². The van der Waals surface area contributed by atoms with Crippen molar-refractivity contribution in [3.63, 3.8) is 0 Å². The molecule has 1 aromatic heterocycles. The highest BCUT2D eigenvalue weighted by atomic mass is 32.2. The largest absolute Gasteiger partial charge is 0.395 e. The molecular formula is C10H18N4O3S. The van der Waals surface area contributed by atoms with Crippen LogP contribution in [0.3, 0.4) is 0 Å². The average molecular weight is 274 g/mol. The van der Waals surface area contributed by atoms with Crippen LogP contribution in [-0.2, 0) is 22.9 Å². The second kappa shape index (κ2) is 6.05. The minimum atomic E-state index is -3.67. The fraction of sp³-hybridized carbons (Fsp3) is 0.700. The van der Waals surface area contributed by atoms with E-state index in [1.54, 1.807) is 0 Å². The summed E-state index contributed by atoms with van der Waals surface area (Å²) in [6.07, 6.45) is 1.35. The Balaban J connectivity index is 2.99. The lowest BCUT2D eigenvalue weighted by atomic mass is 10.2. The number of anilines is 1. The molecule has 102 valence electrons. The second-order valence-corrected chi connectivity index (χ2v) is 5.98. The van der Waals surface area contributed by atoms with Gasteiger partial charge in [0, 0.05) is 0 Å². The number of nitrogens with zero attached hydrogens (tertiary/aromatic N) is 3. The summed E-state index contributed by atoms with van der Waals surface area (Å²) in [6, 6.07) is 0. The van der Waals surface area contributed by atoms with Crippen molar-refractivity contribution < 1.29 is 13.5 Å². The van der Waals surface area contributed by atoms with Gasteiger partial charge in [-0.05, 0) is 19.8 Å². The Morgan fingerprint density at radius 2 is 1.83 bits per heavy atom. The molecule has 0 amide bonds. The first-order valence-electron chi connectivity index (χ1n) is 5.79. The standard InChI is InChI=1S/C10H18N4O3S/c1-4-8-9(5-2)12-13-10(11-8)14-18(16,17)7(3)6-15/h7,15H,4-6H2,1-3H3,(H,11,13,14). The number of aryl methyl sites for hydroxylation is 2. The zero-order valence-corrected chi connectivity index (χ0v) is 11.5. The number of aliphatic hydroxyl groups is 1. The Labute approximate surface area is 107 Å². The van der Waals surface area contributed by atoms with Crippen LogP contribution in [0.25, 0.3) is 0 Å². The van der Waals surface area contributed by atoms with E-state index in [4.69, 9.17) is 5.11 Å². The van der Waals surface area contributed by atoms with E-state index >= 15 is 0 Å². The van der Waals surface area contributed by atoms with Crippen LogP contribution >= 0.6 is 0 Å². The molecular weight excluding hydrogens is 256 g/mol. The van der Waals surface area contributed by atoms with Crippen LogP contribution in [0.4, 0.5) is 5.95 Å². The van der Waals surface area contributed by atoms with Gasteiger partial charge >= 0.3 is 0 Å². The van der Waals surface area contributed by atoms with Gasteiger partial charge < -0.3 is 5.11 Å². The van der Waals surface area contributed by atoms with Gasteiger partial charge in [0.2, 0.25) is 10.0 Å². The fourth-order valence-electron chi connectivity index (χ4n) is 1.31. The van der Waals surface area contributed by atoms with Crippen molar-refractivity contribution in [1.82, 2.24) is 15.2 Å². The van der Waals surface area contributed by atoms with Gasteiger partial charge in [-0.2, -0.15) is 0 Å². The van der Waals surface area contributed by atoms with E-state index in [0.717, 1.165) is 11.4 Å². The third kappa shape index (κ3) is 3.36. The monoisotopic (exact) mass is 274 g/mol. The van der Waals surface area contributed by atoms with E-state index < -0.39 is 21.9 Å². The van der Waals surface area contributed by atoms with Crippen molar-refractivity contribution in [2.75, 3.05) is 11.3 Å². The van der Waals surface area contributed by atoms with E-state index in [1.807, 2.05) is 13.8 Å². The second-order valence-electron chi connectivity index (χ2n) is 3.88. The summed E-state index contributed by atoms with van der Waals surface area (Å²) in [5, 5.41) is 15.6. The lowest BCUT2D eigenvalue weighted by Gasteiger charge is -2.11. The molecule has 1 aromatic rings. The summed E-state index contributed by atoms with van der Waals surface area (Å²) in [5.41, 5.74) is 1.48. The highest BCUT2D eigenvalue weighted by Gasteiger charge is 2.21. The quantitative estimate of drug-likeness (QED) is 0.763. The molecule has 0 saturated carbocycles. The molecule has 0 aliphatic carbocycles. The molecule has 8 heteroatoms. The molecule has 0 spiro atoms. The maximum absolute atomic E-state index is 11.7. The van der Waals surface area contributed by atoms with Crippen molar-refractivity contribution in [3.05, 3.63) is 11.4 Å². The van der Waals surface area contributed by atoms with Gasteiger partial charge in [-0.25, -0.2) is 18.1 Å². The number of aromatic nitrogens is 3. The fourth-order valence-corrected chi connectivity index (χ4v) is 2.05. The molecule has 1 unspecified atom stereocenters. The van der Waals surface area contributed by atoms with E-state index in [9.17, 15) is 8.42 Å². The first-order chi connectivity index (χ1) is 8.44. The topological polar surface area (TPSA) is 105 Å². The van der Waals surface area contributed by atoms with Crippen molar-refractivity contribution in [1.29, 1.82) is 0 Å². The molecule has 7 nitrogen and oxygen atoms in total. The molecule has 0 saturated heterocycles. The van der Waals surface area contributed by atoms with Crippen LogP contribution in [0.2, 0.25) is 0 Å². The zero-order valence-electron chi connectivity index (χ0n) is 10.7. The van der Waals surface area contributed by atoms with Gasteiger partial charge in [0.1, 0.15) is 5.25 Å². The van der Waals surface area contributed by atoms with E-state index in [2.05, 4.69) is 19.9 Å². The molecule has 1 atom stereocenters. The summed E-state index contributed by atoms with van der Waals surface area (Å²) in [7, 11) is -3.67. The van der Waals surface area contributed by atoms with Gasteiger partial charge in [-0.15, -0.1) is 10.2 Å². The smallest absolute Gasteiger partial charge is 0.256 e. The molecule has 0 aromatic carbocycles. The Kier molecular flexibility index (Phi) is 4.97. The van der Waals surface area contributed by atoms with Crippen LogP contribution in [0, 0.1) is 0 Å². The van der Waals surface area contributed by atoms with Crippen molar-refractivity contribution >= 4 is 16.0 Å². The van der Waals surface area contributed by atoms with Gasteiger partial charge in [0.25, 0.3) is 5.95 Å². The molecule has 0 bridgehead atoms. The molecule has 2 N–H and O–H groups in total. The average Bonchev–Trinajstić information content (AvgIpc) is 2.36. The van der Waals surface area contributed by atoms with E-state index in [0.29, 0.717) is 12.8 Å². The van der Waals surface area contributed by atoms with Gasteiger partial charge in [-0.1, -0.05) is 13.8 Å². The molecule has 0 fully saturated rings. The number of rotatable bonds is 6. The van der Waals surface area contributed by atoms with Gasteiger partial charge in [-0.3, -0.25) is 0 Å². The first kappa shape index (κ1) is 14.8. The van der Waals surface area contributed by atoms with Crippen LogP contribution in [0.1, 0.15) is 32.2 Å². The Hall–Kier alpha value is -1.28. The first-order valence-corrected chi connectivity index (χ1v) is 7.34. The number of sulfonamides is 1. The highest BCUT2D eigenvalue weighted by Crippen LogP contribution is 2.10. The normalized spacial score (nSPS) is 13.3. The third-order valence-electron chi connectivity index (χ3n) is 2.53. The predicted octanol–water partition coefficient (Wildman–Crippen LogP) is 0.119. The van der Waals surface area contributed by atoms with E-state index in [1.165, 1.54) is 6.92 Å². The lowest BCUT2D eigenvalue weighted by molar-refractivity contribution is 0.296. The Bertz CT molecular complexity index is 504. The zero-order chi connectivity index (χ0) is 13.8. The SMILES string of the molecule is CCc1nnc(NS(=O)(=O)C(C)CO)nc1CC. The maximum atomic E-state index is 11.7. The summed E-state index contributed by atoms with van der Waals surface area (Å²) >= 11 is 0. The lowest BCUT2D eigenvalue weighted by Crippen LogP contribution is -2.29. The van der Waals surface area contributed by atoms with Gasteiger partial charge in [0.05, 0.1) is 18.0 Å². The number of hydrogen-bond acceptors (Lipinski definition) is 6. The van der Waals surface area contributed by atoms with Crippen LogP contribution in [-0.4, -0.2) is 40.6 Å². The highest BCUT2D eigenvalue weighted by molar-refractivity contribution is 7.93. The van der Waals surface area contributed by atoms with Crippen LogP contribution in [0.5, 0.6) is 0 Å². The maximum Gasteiger partial charge on any atom is 0.256 e. The summed E-state index contributed by atoms with van der Waals surface area (Å²) < 4.78 is 25.6. The third-order valence-corrected chi connectivity index (χ3v) is 4.21. The summed E-state index contributed by atoms with van der Waals surface area (Å²) in [6.45, 7) is 4.79. The number of nitrogens with one attached hydrogen (secondary N) is 1. The number of hydrogen-bond donors (Lipinski definition) is 2. The van der Waals surface area contributed by atoms with Gasteiger partial charge in [0.15, 0.2) is 0 Å². The predicted molar refractivity (Wildman–Crippen MR) is 67.7 cm³/mol. The minimum absolute atomic E-state index is 0.0515. The van der Waals surface area contributed by atoms with Crippen LogP contribution < -0.4 is 4.72 Å². The minimum Gasteiger partial charge on any atom is -0.395 e. The number of aliphatic hydroxyl groups excluding tert-OH is 1. The molecule has 0 radical (unpaired) electrons. The Morgan fingerprint density at radius 1 is 1.22 bits per heavy atom. The molecule has 1 heterocycles.